The summed E-state index contributed by atoms with van der Waals surface area (Å²) in [5.74, 6) is -1.30. The number of rotatable bonds is 18. The summed E-state index contributed by atoms with van der Waals surface area (Å²) in [5.41, 5.74) is 1.85. The molecule has 0 bridgehead atoms. The van der Waals surface area contributed by atoms with Gasteiger partial charge < -0.3 is 38.6 Å². The van der Waals surface area contributed by atoms with Gasteiger partial charge >= 0.3 is 5.97 Å². The lowest BCUT2D eigenvalue weighted by molar-refractivity contribution is -0.141. The quantitative estimate of drug-likeness (QED) is 0.0959. The molecule has 1 saturated heterocycles. The van der Waals surface area contributed by atoms with Crippen LogP contribution in [0.5, 0.6) is 17.2 Å². The third-order valence-corrected chi connectivity index (χ3v) is 16.9. The SMILES string of the molecule is COC(=O)c1ccc2c(c1)N(C[C@@H]1CCO[C@H]1C(O)(CC(=O)N(C)C)/C(F)=C/C[C@H](C)[C@@H](C)S(=O)(=O)N(Cc1ccc(OC)cc1)Cc1ccc(OC)cc1)C[C@@]1(CCCc3cc(Cl)ccc31)CO2. The average molecular weight is 991 g/mol. The largest absolute Gasteiger partial charge is 0.497 e. The van der Waals surface area contributed by atoms with Crippen LogP contribution in [0, 0.1) is 11.8 Å². The second-order valence-corrected chi connectivity index (χ2v) is 21.7. The van der Waals surface area contributed by atoms with E-state index in [0.29, 0.717) is 53.1 Å². The van der Waals surface area contributed by atoms with E-state index in [0.717, 1.165) is 41.5 Å². The van der Waals surface area contributed by atoms with Crippen molar-refractivity contribution in [3.05, 3.63) is 130 Å². The first-order valence-corrected chi connectivity index (χ1v) is 25.3. The number of carbonyl (C=O) groups excluding carboxylic acids is 2. The van der Waals surface area contributed by atoms with Gasteiger partial charge in [-0.15, -0.1) is 0 Å². The monoisotopic (exact) mass is 989 g/mol. The number of esters is 1. The summed E-state index contributed by atoms with van der Waals surface area (Å²) in [4.78, 5) is 29.9. The van der Waals surface area contributed by atoms with Crippen molar-refractivity contribution in [2.75, 3.05) is 66.6 Å². The highest BCUT2D eigenvalue weighted by Crippen LogP contribution is 2.47. The number of sulfonamides is 1. The predicted octanol–water partition coefficient (Wildman–Crippen LogP) is 8.53. The van der Waals surface area contributed by atoms with Crippen LogP contribution in [0.15, 0.2) is 96.8 Å². The standard InChI is InChI=1S/C53H65ClFN3O10S/c1-35(36(2)69(62,63)58(30-37-11-17-43(64-5)18-12-37)31-38-13-19-44(65-6)20-14-38)10-23-48(55)53(61,29-49(59)56(3)4)50-41(24-26-67-50)32-57-33-52(25-8-9-39-27-42(54)16-21-45(39)52)34-68-47-22-15-40(28-46(47)57)51(60)66-7/h11-23,27-28,35-36,41,50,61H,8-10,24-26,29-34H2,1-7H3/b48-23-/t35-,36+,41-,50+,52-,53?/m0/s1. The average Bonchev–Trinajstić information content (AvgIpc) is 3.77. The van der Waals surface area contributed by atoms with E-state index in [-0.39, 0.29) is 32.7 Å². The van der Waals surface area contributed by atoms with Gasteiger partial charge in [0.25, 0.3) is 0 Å². The van der Waals surface area contributed by atoms with Crippen molar-refractivity contribution in [1.82, 2.24) is 9.21 Å². The van der Waals surface area contributed by atoms with E-state index in [4.69, 9.17) is 35.3 Å². The number of methoxy groups -OCH3 is 3. The van der Waals surface area contributed by atoms with Crippen LogP contribution in [0.3, 0.4) is 0 Å². The van der Waals surface area contributed by atoms with Crippen molar-refractivity contribution >= 4 is 39.2 Å². The number of nitrogens with zero attached hydrogens (tertiary/aromatic N) is 3. The number of amides is 1. The van der Waals surface area contributed by atoms with Gasteiger partial charge in [0.2, 0.25) is 15.9 Å². The van der Waals surface area contributed by atoms with Crippen LogP contribution in [0.4, 0.5) is 10.1 Å². The molecule has 1 spiro atoms. The van der Waals surface area contributed by atoms with E-state index >= 15 is 4.39 Å². The Morgan fingerprint density at radius 2 is 1.62 bits per heavy atom. The van der Waals surface area contributed by atoms with Crippen LogP contribution in [0.25, 0.3) is 0 Å². The number of anilines is 1. The molecule has 2 aliphatic heterocycles. The highest BCUT2D eigenvalue weighted by Gasteiger charge is 2.52. The Bertz CT molecular complexity index is 2550. The lowest BCUT2D eigenvalue weighted by Crippen LogP contribution is -2.53. The van der Waals surface area contributed by atoms with Crippen molar-refractivity contribution in [2.45, 2.75) is 87.8 Å². The molecule has 1 amide bonds. The van der Waals surface area contributed by atoms with E-state index in [9.17, 15) is 23.1 Å². The molecule has 7 rings (SSSR count). The summed E-state index contributed by atoms with van der Waals surface area (Å²) in [6.45, 7) is 4.77. The van der Waals surface area contributed by atoms with Gasteiger partial charge in [-0.3, -0.25) is 4.79 Å². The van der Waals surface area contributed by atoms with Gasteiger partial charge in [-0.1, -0.05) is 48.9 Å². The second-order valence-electron chi connectivity index (χ2n) is 19.0. The minimum atomic E-state index is -4.03. The van der Waals surface area contributed by atoms with Crippen molar-refractivity contribution in [3.8, 4) is 17.2 Å². The van der Waals surface area contributed by atoms with Gasteiger partial charge in [0.1, 0.15) is 23.1 Å². The van der Waals surface area contributed by atoms with Crippen LogP contribution in [0.2, 0.25) is 5.02 Å². The lowest BCUT2D eigenvalue weighted by Gasteiger charge is -2.42. The fourth-order valence-electron chi connectivity index (χ4n) is 9.99. The second kappa shape index (κ2) is 21.8. The zero-order valence-corrected chi connectivity index (χ0v) is 42.2. The molecule has 4 aromatic rings. The molecule has 13 nitrogen and oxygen atoms in total. The van der Waals surface area contributed by atoms with Crippen LogP contribution in [-0.2, 0) is 49.2 Å². The molecule has 3 aliphatic rings. The van der Waals surface area contributed by atoms with E-state index < -0.39 is 68.4 Å². The molecule has 0 saturated carbocycles. The number of fused-ring (bicyclic) bond motifs is 3. The number of hydrogen-bond acceptors (Lipinski definition) is 11. The highest BCUT2D eigenvalue weighted by atomic mass is 35.5. The highest BCUT2D eigenvalue weighted by molar-refractivity contribution is 7.89. The molecule has 16 heteroatoms. The van der Waals surface area contributed by atoms with Gasteiger partial charge in [-0.25, -0.2) is 17.6 Å². The summed E-state index contributed by atoms with van der Waals surface area (Å²) >= 11 is 6.49. The molecule has 4 aromatic carbocycles. The number of hydrogen-bond donors (Lipinski definition) is 1. The van der Waals surface area contributed by atoms with Gasteiger partial charge in [-0.2, -0.15) is 4.31 Å². The molecule has 1 fully saturated rings. The van der Waals surface area contributed by atoms with E-state index in [2.05, 4.69) is 11.0 Å². The summed E-state index contributed by atoms with van der Waals surface area (Å²) in [7, 11) is 3.49. The number of benzene rings is 4. The van der Waals surface area contributed by atoms with E-state index in [1.807, 2.05) is 36.4 Å². The zero-order valence-electron chi connectivity index (χ0n) is 40.6. The first-order chi connectivity index (χ1) is 32.9. The minimum absolute atomic E-state index is 0.0694. The molecule has 69 heavy (non-hydrogen) atoms. The Balaban J connectivity index is 1.18. The Kier molecular flexibility index (Phi) is 16.4. The van der Waals surface area contributed by atoms with Gasteiger partial charge in [0.05, 0.1) is 57.0 Å². The summed E-state index contributed by atoms with van der Waals surface area (Å²) in [6, 6.07) is 25.5. The molecular formula is C53H65ClFN3O10S. The number of ether oxygens (including phenoxy) is 5. The van der Waals surface area contributed by atoms with E-state index in [1.54, 1.807) is 70.5 Å². The number of halogens is 2. The normalized spacial score (nSPS) is 21.0. The van der Waals surface area contributed by atoms with Crippen molar-refractivity contribution in [2.24, 2.45) is 11.8 Å². The number of aryl methyl sites for hydroxylation is 1. The fourth-order valence-corrected chi connectivity index (χ4v) is 12.0. The first kappa shape index (κ1) is 51.7. The molecule has 0 radical (unpaired) electrons. The first-order valence-electron chi connectivity index (χ1n) is 23.5. The minimum Gasteiger partial charge on any atom is -0.497 e. The molecule has 0 aromatic heterocycles. The lowest BCUT2D eigenvalue weighted by atomic mass is 9.70. The predicted molar refractivity (Wildman–Crippen MR) is 264 cm³/mol. The van der Waals surface area contributed by atoms with Crippen LogP contribution < -0.4 is 19.1 Å². The number of allylic oxidation sites excluding steroid dienone is 1. The maximum Gasteiger partial charge on any atom is 0.337 e. The topological polar surface area (TPSA) is 144 Å². The third-order valence-electron chi connectivity index (χ3n) is 14.3. The van der Waals surface area contributed by atoms with Crippen molar-refractivity contribution in [3.63, 3.8) is 0 Å². The molecule has 2 heterocycles. The zero-order chi connectivity index (χ0) is 49.7. The van der Waals surface area contributed by atoms with Crippen LogP contribution in [-0.4, -0.2) is 113 Å². The number of carbonyl (C=O) groups is 2. The Morgan fingerprint density at radius 1 is 0.971 bits per heavy atom. The Labute approximate surface area is 411 Å². The molecular weight excluding hydrogens is 925 g/mol. The smallest absolute Gasteiger partial charge is 0.337 e. The molecule has 6 atom stereocenters. The maximum atomic E-state index is 17.3. The Morgan fingerprint density at radius 3 is 2.23 bits per heavy atom. The maximum absolute atomic E-state index is 17.3. The molecule has 1 aliphatic carbocycles. The summed E-state index contributed by atoms with van der Waals surface area (Å²) in [6.07, 6.45) is 2.36. The Hall–Kier alpha value is -5.19. The van der Waals surface area contributed by atoms with Crippen molar-refractivity contribution in [1.29, 1.82) is 0 Å². The summed E-state index contributed by atoms with van der Waals surface area (Å²) < 4.78 is 76.6. The third kappa shape index (κ3) is 11.4. The fraction of sp³-hybridized carbons (Fsp3) is 0.472. The molecule has 1 N–H and O–H groups in total. The van der Waals surface area contributed by atoms with Crippen LogP contribution >= 0.6 is 11.6 Å². The number of aliphatic hydroxyl groups is 1. The van der Waals surface area contributed by atoms with Gasteiger partial charge in [0, 0.05) is 63.2 Å². The molecule has 1 unspecified atom stereocenters. The van der Waals surface area contributed by atoms with Gasteiger partial charge in [0.15, 0.2) is 5.60 Å². The molecule has 372 valence electrons. The summed E-state index contributed by atoms with van der Waals surface area (Å²) in [5, 5.41) is 12.4. The van der Waals surface area contributed by atoms with Gasteiger partial charge in [-0.05, 0) is 128 Å². The van der Waals surface area contributed by atoms with Crippen molar-refractivity contribution < 1.29 is 51.2 Å². The van der Waals surface area contributed by atoms with E-state index in [1.165, 1.54) is 36.5 Å². The van der Waals surface area contributed by atoms with Crippen LogP contribution in [0.1, 0.15) is 78.6 Å².